The molecule has 4 nitrogen and oxygen atoms in total. The summed E-state index contributed by atoms with van der Waals surface area (Å²) >= 11 is 3.66. The van der Waals surface area contributed by atoms with Gasteiger partial charge in [-0.15, -0.1) is 23.1 Å². The van der Waals surface area contributed by atoms with E-state index in [0.717, 1.165) is 32.6 Å². The largest absolute Gasteiger partial charge is 0.370 e. The molecule has 1 aromatic heterocycles. The minimum absolute atomic E-state index is 0.253. The van der Waals surface area contributed by atoms with Gasteiger partial charge in [-0.2, -0.15) is 0 Å². The van der Waals surface area contributed by atoms with Crippen LogP contribution in [0.25, 0.3) is 0 Å². The number of thioether (sulfide) groups is 1. The maximum absolute atomic E-state index is 6.26. The maximum Gasteiger partial charge on any atom is 0.191 e. The van der Waals surface area contributed by atoms with Crippen molar-refractivity contribution in [3.63, 3.8) is 0 Å². The van der Waals surface area contributed by atoms with Crippen molar-refractivity contribution in [2.75, 3.05) is 32.4 Å². The number of fused-ring (bicyclic) bond motifs is 1. The normalized spacial score (nSPS) is 16.2. The predicted octanol–water partition coefficient (Wildman–Crippen LogP) is 4.23. The Bertz CT molecular complexity index is 750. The first kappa shape index (κ1) is 20.2. The third-order valence-electron chi connectivity index (χ3n) is 5.29. The molecule has 6 heteroatoms. The Morgan fingerprint density at radius 3 is 2.67 bits per heavy atom. The van der Waals surface area contributed by atoms with Crippen LogP contribution in [-0.4, -0.2) is 48.2 Å². The third kappa shape index (κ3) is 4.86. The van der Waals surface area contributed by atoms with Crippen molar-refractivity contribution in [2.45, 2.75) is 37.8 Å². The van der Waals surface area contributed by atoms with Gasteiger partial charge in [0.2, 0.25) is 0 Å². The fourth-order valence-electron chi connectivity index (χ4n) is 3.62. The van der Waals surface area contributed by atoms with Gasteiger partial charge in [-0.05, 0) is 61.2 Å². The molecule has 0 amide bonds. The number of rotatable bonds is 7. The molecule has 1 aliphatic heterocycles. The van der Waals surface area contributed by atoms with E-state index in [1.807, 2.05) is 11.3 Å². The molecule has 1 atom stereocenters. The van der Waals surface area contributed by atoms with Crippen molar-refractivity contribution in [1.82, 2.24) is 9.80 Å². The SMILES string of the molecule is CCN(CC)C(N)=NCC(c1ccc(SC)cc1)N1CCc2sccc2C1. The van der Waals surface area contributed by atoms with E-state index in [-0.39, 0.29) is 6.04 Å². The first-order chi connectivity index (χ1) is 13.2. The number of aliphatic imine (C=N–C) groups is 1. The molecule has 2 N–H and O–H groups in total. The highest BCUT2D eigenvalue weighted by Crippen LogP contribution is 2.31. The smallest absolute Gasteiger partial charge is 0.191 e. The zero-order valence-corrected chi connectivity index (χ0v) is 18.2. The van der Waals surface area contributed by atoms with Gasteiger partial charge >= 0.3 is 0 Å². The lowest BCUT2D eigenvalue weighted by Crippen LogP contribution is -2.39. The number of hydrogen-bond acceptors (Lipinski definition) is 4. The van der Waals surface area contributed by atoms with Crippen molar-refractivity contribution in [3.05, 3.63) is 51.7 Å². The summed E-state index contributed by atoms with van der Waals surface area (Å²) in [4.78, 5) is 12.3. The van der Waals surface area contributed by atoms with Gasteiger partial charge in [0.15, 0.2) is 5.96 Å². The van der Waals surface area contributed by atoms with E-state index in [4.69, 9.17) is 10.7 Å². The van der Waals surface area contributed by atoms with Crippen LogP contribution in [0.4, 0.5) is 0 Å². The molecule has 3 rings (SSSR count). The van der Waals surface area contributed by atoms with Crippen LogP contribution < -0.4 is 5.73 Å². The Morgan fingerprint density at radius 2 is 2.00 bits per heavy atom. The highest BCUT2D eigenvalue weighted by molar-refractivity contribution is 7.98. The molecule has 1 aliphatic rings. The molecule has 1 unspecified atom stereocenters. The lowest BCUT2D eigenvalue weighted by Gasteiger charge is -2.34. The van der Waals surface area contributed by atoms with E-state index in [1.54, 1.807) is 11.8 Å². The quantitative estimate of drug-likeness (QED) is 0.428. The van der Waals surface area contributed by atoms with Crippen LogP contribution in [0.2, 0.25) is 0 Å². The molecule has 0 aliphatic carbocycles. The van der Waals surface area contributed by atoms with Crippen LogP contribution in [0.1, 0.15) is 35.9 Å². The van der Waals surface area contributed by atoms with Crippen molar-refractivity contribution >= 4 is 29.1 Å². The van der Waals surface area contributed by atoms with E-state index in [0.29, 0.717) is 12.5 Å². The van der Waals surface area contributed by atoms with Gasteiger partial charge in [0.05, 0.1) is 12.6 Å². The average Bonchev–Trinajstić information content (AvgIpc) is 3.17. The number of nitrogens with two attached hydrogens (primary N) is 1. The van der Waals surface area contributed by atoms with Gasteiger partial charge in [-0.25, -0.2) is 0 Å². The lowest BCUT2D eigenvalue weighted by molar-refractivity contribution is 0.185. The van der Waals surface area contributed by atoms with Crippen LogP contribution in [-0.2, 0) is 13.0 Å². The number of nitrogens with zero attached hydrogens (tertiary/aromatic N) is 3. The van der Waals surface area contributed by atoms with Crippen LogP contribution in [0, 0.1) is 0 Å². The summed E-state index contributed by atoms with van der Waals surface area (Å²) in [5, 5.41) is 2.22. The van der Waals surface area contributed by atoms with Gasteiger partial charge in [0, 0.05) is 36.0 Å². The molecule has 0 spiro atoms. The first-order valence-electron chi connectivity index (χ1n) is 9.64. The van der Waals surface area contributed by atoms with Crippen molar-refractivity contribution in [1.29, 1.82) is 0 Å². The fraction of sp³-hybridized carbons (Fsp3) is 0.476. The lowest BCUT2D eigenvalue weighted by atomic mass is 10.0. The summed E-state index contributed by atoms with van der Waals surface area (Å²) < 4.78 is 0. The van der Waals surface area contributed by atoms with Crippen molar-refractivity contribution in [2.24, 2.45) is 10.7 Å². The Balaban J connectivity index is 1.83. The summed E-state index contributed by atoms with van der Waals surface area (Å²) in [5.74, 6) is 0.652. The second kappa shape index (κ2) is 9.62. The Kier molecular flexibility index (Phi) is 7.21. The minimum atomic E-state index is 0.253. The molecule has 2 heterocycles. The predicted molar refractivity (Wildman–Crippen MR) is 119 cm³/mol. The zero-order valence-electron chi connectivity index (χ0n) is 16.5. The van der Waals surface area contributed by atoms with Crippen LogP contribution >= 0.6 is 23.1 Å². The van der Waals surface area contributed by atoms with Crippen LogP contribution in [0.5, 0.6) is 0 Å². The Labute approximate surface area is 171 Å². The maximum atomic E-state index is 6.26. The van der Waals surface area contributed by atoms with Crippen molar-refractivity contribution in [3.8, 4) is 0 Å². The molecular formula is C21H30N4S2. The number of benzene rings is 1. The third-order valence-corrected chi connectivity index (χ3v) is 7.06. The molecule has 0 radical (unpaired) electrons. The second-order valence-electron chi connectivity index (χ2n) is 6.75. The monoisotopic (exact) mass is 402 g/mol. The summed E-state index contributed by atoms with van der Waals surface area (Å²) in [6.07, 6.45) is 3.24. The number of thiophene rings is 1. The standard InChI is InChI=1S/C21H30N4S2/c1-4-24(5-2)21(22)23-14-19(16-6-8-18(26-3)9-7-16)25-12-10-20-17(15-25)11-13-27-20/h6-9,11,13,19H,4-5,10,12,14-15H2,1-3H3,(H2,22,23). The summed E-state index contributed by atoms with van der Waals surface area (Å²) in [5.41, 5.74) is 9.05. The van der Waals surface area contributed by atoms with E-state index in [1.165, 1.54) is 20.9 Å². The fourth-order valence-corrected chi connectivity index (χ4v) is 4.92. The molecule has 0 bridgehead atoms. The second-order valence-corrected chi connectivity index (χ2v) is 8.63. The summed E-state index contributed by atoms with van der Waals surface area (Å²) in [6, 6.07) is 11.5. The van der Waals surface area contributed by atoms with E-state index < -0.39 is 0 Å². The number of guanidine groups is 1. The summed E-state index contributed by atoms with van der Waals surface area (Å²) in [6.45, 7) is 8.78. The first-order valence-corrected chi connectivity index (χ1v) is 11.7. The Hall–Kier alpha value is -1.50. The van der Waals surface area contributed by atoms with Crippen LogP contribution in [0.15, 0.2) is 45.6 Å². The molecule has 2 aromatic rings. The molecule has 1 aromatic carbocycles. The van der Waals surface area contributed by atoms with Gasteiger partial charge < -0.3 is 10.6 Å². The molecular weight excluding hydrogens is 372 g/mol. The highest BCUT2D eigenvalue weighted by Gasteiger charge is 2.25. The van der Waals surface area contributed by atoms with Gasteiger partial charge in [0.25, 0.3) is 0 Å². The minimum Gasteiger partial charge on any atom is -0.370 e. The highest BCUT2D eigenvalue weighted by atomic mass is 32.2. The molecule has 0 saturated heterocycles. The molecule has 0 fully saturated rings. The molecule has 146 valence electrons. The number of hydrogen-bond donors (Lipinski definition) is 1. The molecule has 0 saturated carbocycles. The van der Waals surface area contributed by atoms with E-state index in [2.05, 4.69) is 65.6 Å². The van der Waals surface area contributed by atoms with Crippen LogP contribution in [0.3, 0.4) is 0 Å². The topological polar surface area (TPSA) is 44.9 Å². The molecule has 27 heavy (non-hydrogen) atoms. The Morgan fingerprint density at radius 1 is 1.26 bits per heavy atom. The van der Waals surface area contributed by atoms with Gasteiger partial charge in [-0.1, -0.05) is 12.1 Å². The van der Waals surface area contributed by atoms with Gasteiger partial charge in [-0.3, -0.25) is 9.89 Å². The van der Waals surface area contributed by atoms with Crippen molar-refractivity contribution < 1.29 is 0 Å². The van der Waals surface area contributed by atoms with E-state index >= 15 is 0 Å². The van der Waals surface area contributed by atoms with Gasteiger partial charge in [0.1, 0.15) is 0 Å². The zero-order chi connectivity index (χ0) is 19.2. The van der Waals surface area contributed by atoms with E-state index in [9.17, 15) is 0 Å². The average molecular weight is 403 g/mol. The summed E-state index contributed by atoms with van der Waals surface area (Å²) in [7, 11) is 0.